The van der Waals surface area contributed by atoms with Gasteiger partial charge >= 0.3 is 0 Å². The first kappa shape index (κ1) is 20.6. The summed E-state index contributed by atoms with van der Waals surface area (Å²) < 4.78 is 9.29. The Balaban J connectivity index is 1.46. The molecule has 0 radical (unpaired) electrons. The molecule has 0 spiro atoms. The maximum absolute atomic E-state index is 12.8. The van der Waals surface area contributed by atoms with Gasteiger partial charge in [0.1, 0.15) is 11.5 Å². The van der Waals surface area contributed by atoms with Gasteiger partial charge in [0.05, 0.1) is 41.9 Å². The molecule has 3 aromatic heterocycles. The van der Waals surface area contributed by atoms with Crippen LogP contribution in [0, 0.1) is 0 Å². The average Bonchev–Trinajstić information content (AvgIpc) is 3.49. The maximum atomic E-state index is 12.8. The van der Waals surface area contributed by atoms with Crippen LogP contribution in [0.15, 0.2) is 70.1 Å². The molecule has 0 saturated carbocycles. The van der Waals surface area contributed by atoms with Crippen molar-refractivity contribution < 1.29 is 14.0 Å². The predicted octanol–water partition coefficient (Wildman–Crippen LogP) is 3.20. The third-order valence-electron chi connectivity index (χ3n) is 4.54. The van der Waals surface area contributed by atoms with Crippen LogP contribution in [-0.2, 0) is 20.1 Å². The minimum absolute atomic E-state index is 0.232. The zero-order valence-electron chi connectivity index (χ0n) is 16.6. The molecule has 4 rings (SSSR count). The van der Waals surface area contributed by atoms with Gasteiger partial charge in [-0.15, -0.1) is 0 Å². The fourth-order valence-corrected chi connectivity index (χ4v) is 3.41. The second-order valence-corrected chi connectivity index (χ2v) is 7.72. The van der Waals surface area contributed by atoms with Crippen LogP contribution in [0.4, 0.5) is 5.69 Å². The fraction of sp³-hybridized carbons (Fsp3) is 0.143. The average molecular weight is 483 g/mol. The number of amides is 2. The number of carbonyl (C=O) groups is 2. The Bertz CT molecular complexity index is 1210. The Labute approximate surface area is 186 Å². The van der Waals surface area contributed by atoms with Crippen LogP contribution in [0.25, 0.3) is 0 Å². The summed E-state index contributed by atoms with van der Waals surface area (Å²) in [4.78, 5) is 25.5. The van der Waals surface area contributed by atoms with Gasteiger partial charge in [0.2, 0.25) is 0 Å². The molecule has 0 saturated heterocycles. The van der Waals surface area contributed by atoms with Crippen molar-refractivity contribution in [3.8, 4) is 0 Å². The van der Waals surface area contributed by atoms with Gasteiger partial charge in [0, 0.05) is 18.8 Å². The van der Waals surface area contributed by atoms with Crippen LogP contribution in [0.1, 0.15) is 32.2 Å². The van der Waals surface area contributed by atoms with Crippen molar-refractivity contribution in [3.63, 3.8) is 0 Å². The van der Waals surface area contributed by atoms with Crippen LogP contribution in [-0.4, -0.2) is 31.4 Å². The molecule has 0 unspecified atom stereocenters. The summed E-state index contributed by atoms with van der Waals surface area (Å²) in [5.74, 6) is -0.0802. The summed E-state index contributed by atoms with van der Waals surface area (Å²) in [6.07, 6.45) is 6.55. The van der Waals surface area contributed by atoms with Crippen molar-refractivity contribution in [1.82, 2.24) is 24.9 Å². The van der Waals surface area contributed by atoms with Gasteiger partial charge in [0.25, 0.3) is 11.8 Å². The number of hydrogen-bond acceptors (Lipinski definition) is 5. The molecule has 1 aromatic carbocycles. The number of aromatic nitrogens is 4. The van der Waals surface area contributed by atoms with Gasteiger partial charge in [0.15, 0.2) is 0 Å². The van der Waals surface area contributed by atoms with E-state index in [1.54, 1.807) is 42.2 Å². The first-order valence-corrected chi connectivity index (χ1v) is 10.2. The van der Waals surface area contributed by atoms with Gasteiger partial charge in [-0.3, -0.25) is 19.0 Å². The summed E-state index contributed by atoms with van der Waals surface area (Å²) in [5, 5.41) is 13.9. The third kappa shape index (κ3) is 4.92. The van der Waals surface area contributed by atoms with E-state index in [0.717, 1.165) is 10.0 Å². The van der Waals surface area contributed by atoms with Crippen molar-refractivity contribution in [2.75, 3.05) is 5.32 Å². The molecule has 0 aliphatic carbocycles. The number of halogens is 1. The number of nitrogens with zero attached hydrogens (tertiary/aromatic N) is 4. The quantitative estimate of drug-likeness (QED) is 0.420. The van der Waals surface area contributed by atoms with Crippen molar-refractivity contribution in [3.05, 3.63) is 88.3 Å². The van der Waals surface area contributed by atoms with Gasteiger partial charge in [-0.25, -0.2) is 0 Å². The van der Waals surface area contributed by atoms with E-state index in [4.69, 9.17) is 4.42 Å². The molecule has 2 N–H and O–H groups in total. The molecule has 158 valence electrons. The summed E-state index contributed by atoms with van der Waals surface area (Å²) in [6, 6.07) is 10.7. The summed E-state index contributed by atoms with van der Waals surface area (Å²) >= 11 is 3.37. The standard InChI is InChI=1S/C21H19BrN6O3/c1-27-19(21(30)23-10-17-6-3-7-31-17)18(11-24-27)26-20(29)15-5-2-4-14(8-15)12-28-13-16(22)9-25-28/h2-9,11,13H,10,12H2,1H3,(H,23,30)(H,26,29). The SMILES string of the molecule is Cn1ncc(NC(=O)c2cccc(Cn3cc(Br)cn3)c2)c1C(=O)NCc1ccco1. The number of anilines is 1. The van der Waals surface area contributed by atoms with E-state index in [1.807, 2.05) is 18.3 Å². The van der Waals surface area contributed by atoms with Crippen LogP contribution >= 0.6 is 15.9 Å². The lowest BCUT2D eigenvalue weighted by molar-refractivity contribution is 0.0939. The van der Waals surface area contributed by atoms with Crippen molar-refractivity contribution >= 4 is 33.4 Å². The number of nitrogens with one attached hydrogen (secondary N) is 2. The second-order valence-electron chi connectivity index (χ2n) is 6.80. The molecule has 10 heteroatoms. The molecule has 9 nitrogen and oxygen atoms in total. The van der Waals surface area contributed by atoms with E-state index >= 15 is 0 Å². The lowest BCUT2D eigenvalue weighted by atomic mass is 10.1. The Morgan fingerprint density at radius 1 is 1.13 bits per heavy atom. The minimum atomic E-state index is -0.371. The van der Waals surface area contributed by atoms with Gasteiger partial charge in [-0.2, -0.15) is 10.2 Å². The number of rotatable bonds is 7. The van der Waals surface area contributed by atoms with E-state index in [-0.39, 0.29) is 24.1 Å². The largest absolute Gasteiger partial charge is 0.467 e. The highest BCUT2D eigenvalue weighted by molar-refractivity contribution is 9.10. The van der Waals surface area contributed by atoms with E-state index in [9.17, 15) is 9.59 Å². The molecular weight excluding hydrogens is 464 g/mol. The normalized spacial score (nSPS) is 10.8. The first-order chi connectivity index (χ1) is 15.0. The summed E-state index contributed by atoms with van der Waals surface area (Å²) in [7, 11) is 1.64. The Morgan fingerprint density at radius 3 is 2.74 bits per heavy atom. The number of hydrogen-bond donors (Lipinski definition) is 2. The lowest BCUT2D eigenvalue weighted by Gasteiger charge is -2.09. The summed E-state index contributed by atoms with van der Waals surface area (Å²) in [5.41, 5.74) is 1.96. The highest BCUT2D eigenvalue weighted by Crippen LogP contribution is 2.17. The molecular formula is C21H19BrN6O3. The molecule has 0 aliphatic rings. The molecule has 3 heterocycles. The number of benzene rings is 1. The highest BCUT2D eigenvalue weighted by Gasteiger charge is 2.19. The monoisotopic (exact) mass is 482 g/mol. The Kier molecular flexibility index (Phi) is 5.99. The van der Waals surface area contributed by atoms with Crippen molar-refractivity contribution in [2.45, 2.75) is 13.1 Å². The van der Waals surface area contributed by atoms with E-state index in [0.29, 0.717) is 23.6 Å². The molecule has 31 heavy (non-hydrogen) atoms. The Morgan fingerprint density at radius 2 is 2.00 bits per heavy atom. The van der Waals surface area contributed by atoms with Crippen LogP contribution in [0.3, 0.4) is 0 Å². The smallest absolute Gasteiger partial charge is 0.272 e. The van der Waals surface area contributed by atoms with Gasteiger partial charge < -0.3 is 15.1 Å². The maximum Gasteiger partial charge on any atom is 0.272 e. The van der Waals surface area contributed by atoms with E-state index in [1.165, 1.54) is 17.1 Å². The molecule has 4 aromatic rings. The van der Waals surface area contributed by atoms with Crippen molar-refractivity contribution in [1.29, 1.82) is 0 Å². The molecule has 0 atom stereocenters. The summed E-state index contributed by atoms with van der Waals surface area (Å²) in [6.45, 7) is 0.760. The minimum Gasteiger partial charge on any atom is -0.467 e. The second kappa shape index (κ2) is 9.00. The van der Waals surface area contributed by atoms with Gasteiger partial charge in [-0.05, 0) is 45.8 Å². The first-order valence-electron chi connectivity index (χ1n) is 9.40. The van der Waals surface area contributed by atoms with Crippen molar-refractivity contribution in [2.24, 2.45) is 7.05 Å². The van der Waals surface area contributed by atoms with E-state index in [2.05, 4.69) is 36.8 Å². The lowest BCUT2D eigenvalue weighted by Crippen LogP contribution is -2.26. The van der Waals surface area contributed by atoms with Crippen LogP contribution < -0.4 is 10.6 Å². The fourth-order valence-electron chi connectivity index (χ4n) is 3.08. The number of furan rings is 1. The Hall–Kier alpha value is -3.66. The topological polar surface area (TPSA) is 107 Å². The van der Waals surface area contributed by atoms with Crippen LogP contribution in [0.5, 0.6) is 0 Å². The zero-order valence-corrected chi connectivity index (χ0v) is 18.2. The number of carbonyl (C=O) groups excluding carboxylic acids is 2. The van der Waals surface area contributed by atoms with E-state index < -0.39 is 0 Å². The number of aryl methyl sites for hydroxylation is 1. The van der Waals surface area contributed by atoms with Crippen LogP contribution in [0.2, 0.25) is 0 Å². The molecule has 0 fully saturated rings. The predicted molar refractivity (Wildman–Crippen MR) is 117 cm³/mol. The third-order valence-corrected chi connectivity index (χ3v) is 4.95. The molecule has 2 amide bonds. The zero-order chi connectivity index (χ0) is 21.8. The molecule has 0 bridgehead atoms. The highest BCUT2D eigenvalue weighted by atomic mass is 79.9. The van der Waals surface area contributed by atoms with Gasteiger partial charge in [-0.1, -0.05) is 12.1 Å². The molecule has 0 aliphatic heterocycles.